The number of nitrogens with zero attached hydrogens (tertiary/aromatic N) is 3. The fourth-order valence-corrected chi connectivity index (χ4v) is 2.92. The lowest BCUT2D eigenvalue weighted by Crippen LogP contribution is -2.17. The topological polar surface area (TPSA) is 110 Å². The van der Waals surface area contributed by atoms with Crippen LogP contribution in [0.3, 0.4) is 0 Å². The number of carbonyl (C=O) groups is 1. The van der Waals surface area contributed by atoms with Gasteiger partial charge < -0.3 is 15.0 Å². The fourth-order valence-electron chi connectivity index (χ4n) is 2.92. The number of H-pyrrole nitrogens is 1. The normalized spacial score (nSPS) is 10.7. The van der Waals surface area contributed by atoms with Crippen molar-refractivity contribution in [3.05, 3.63) is 88.9 Å². The van der Waals surface area contributed by atoms with Gasteiger partial charge in [-0.3, -0.25) is 14.6 Å². The van der Waals surface area contributed by atoms with Crippen molar-refractivity contribution in [2.75, 3.05) is 5.32 Å². The first-order valence-corrected chi connectivity index (χ1v) is 9.43. The second kappa shape index (κ2) is 8.95. The number of para-hydroxylation sites is 1. The smallest absolute Gasteiger partial charge is 0.258 e. The molecule has 0 unspecified atom stereocenters. The summed E-state index contributed by atoms with van der Waals surface area (Å²) < 4.78 is 5.79. The van der Waals surface area contributed by atoms with Crippen LogP contribution in [0.25, 0.3) is 10.9 Å². The maximum absolute atomic E-state index is 12.4. The number of rotatable bonds is 7. The van der Waals surface area contributed by atoms with E-state index in [1.54, 1.807) is 48.9 Å². The van der Waals surface area contributed by atoms with Gasteiger partial charge in [-0.15, -0.1) is 0 Å². The highest BCUT2D eigenvalue weighted by Gasteiger charge is 2.11. The molecular weight excluding hydrogens is 382 g/mol. The Morgan fingerprint density at radius 3 is 2.73 bits per heavy atom. The highest BCUT2D eigenvalue weighted by Crippen LogP contribution is 2.22. The standard InChI is InChI=1S/C22H19N5O3/c28-20(8-7-19-25-17-5-2-1-4-16(17)22(29)26-19)27-21-18(6-3-11-24-21)30-14-15-9-12-23-13-10-15/h1-6,9-13H,7-8,14H2,(H,24,27,28)(H,25,26,29). The molecule has 30 heavy (non-hydrogen) atoms. The average Bonchev–Trinajstić information content (AvgIpc) is 2.78. The van der Waals surface area contributed by atoms with E-state index in [1.165, 1.54) is 0 Å². The highest BCUT2D eigenvalue weighted by molar-refractivity contribution is 5.91. The zero-order chi connectivity index (χ0) is 20.8. The van der Waals surface area contributed by atoms with Gasteiger partial charge in [0.05, 0.1) is 10.9 Å². The molecular formula is C22H19N5O3. The molecule has 1 aromatic carbocycles. The van der Waals surface area contributed by atoms with Crippen molar-refractivity contribution in [2.24, 2.45) is 0 Å². The van der Waals surface area contributed by atoms with Crippen molar-refractivity contribution < 1.29 is 9.53 Å². The van der Waals surface area contributed by atoms with Crippen LogP contribution in [0, 0.1) is 0 Å². The lowest BCUT2D eigenvalue weighted by molar-refractivity contribution is -0.116. The van der Waals surface area contributed by atoms with Gasteiger partial charge in [-0.1, -0.05) is 12.1 Å². The summed E-state index contributed by atoms with van der Waals surface area (Å²) in [6, 6.07) is 14.3. The molecule has 0 saturated carbocycles. The Labute approximate surface area is 172 Å². The molecule has 0 aliphatic heterocycles. The monoisotopic (exact) mass is 401 g/mol. The van der Waals surface area contributed by atoms with Crippen LogP contribution in [0.2, 0.25) is 0 Å². The molecule has 150 valence electrons. The third-order valence-electron chi connectivity index (χ3n) is 4.42. The van der Waals surface area contributed by atoms with Gasteiger partial charge in [0.2, 0.25) is 5.91 Å². The summed E-state index contributed by atoms with van der Waals surface area (Å²) in [4.78, 5) is 39.9. The second-order valence-electron chi connectivity index (χ2n) is 6.57. The molecule has 0 atom stereocenters. The van der Waals surface area contributed by atoms with Gasteiger partial charge in [0.1, 0.15) is 12.4 Å². The molecule has 8 nitrogen and oxygen atoms in total. The summed E-state index contributed by atoms with van der Waals surface area (Å²) in [5.41, 5.74) is 1.35. The Kier molecular flexibility index (Phi) is 5.75. The number of nitrogens with one attached hydrogen (secondary N) is 2. The number of aromatic amines is 1. The number of benzene rings is 1. The Hall–Kier alpha value is -4.07. The number of carbonyl (C=O) groups excluding carboxylic acids is 1. The largest absolute Gasteiger partial charge is 0.485 e. The minimum Gasteiger partial charge on any atom is -0.485 e. The van der Waals surface area contributed by atoms with Crippen LogP contribution in [0.15, 0.2) is 71.9 Å². The lowest BCUT2D eigenvalue weighted by Gasteiger charge is -2.11. The quantitative estimate of drug-likeness (QED) is 0.493. The van der Waals surface area contributed by atoms with E-state index in [9.17, 15) is 9.59 Å². The van der Waals surface area contributed by atoms with E-state index in [1.807, 2.05) is 18.2 Å². The summed E-state index contributed by atoms with van der Waals surface area (Å²) >= 11 is 0. The number of hydrogen-bond donors (Lipinski definition) is 2. The first-order valence-electron chi connectivity index (χ1n) is 9.43. The van der Waals surface area contributed by atoms with Crippen molar-refractivity contribution in [1.29, 1.82) is 0 Å². The van der Waals surface area contributed by atoms with E-state index in [0.29, 0.717) is 41.3 Å². The van der Waals surface area contributed by atoms with Crippen LogP contribution in [0.4, 0.5) is 5.82 Å². The van der Waals surface area contributed by atoms with E-state index in [2.05, 4.69) is 25.3 Å². The molecule has 3 heterocycles. The van der Waals surface area contributed by atoms with Gasteiger partial charge in [-0.2, -0.15) is 0 Å². The Bertz CT molecular complexity index is 1220. The van der Waals surface area contributed by atoms with Crippen LogP contribution in [0.5, 0.6) is 5.75 Å². The third-order valence-corrected chi connectivity index (χ3v) is 4.42. The predicted octanol–water partition coefficient (Wildman–Crippen LogP) is 2.86. The molecule has 1 amide bonds. The van der Waals surface area contributed by atoms with Gasteiger partial charge in [0, 0.05) is 31.4 Å². The summed E-state index contributed by atoms with van der Waals surface area (Å²) in [6.45, 7) is 0.333. The van der Waals surface area contributed by atoms with Crippen LogP contribution in [-0.2, 0) is 17.8 Å². The van der Waals surface area contributed by atoms with Gasteiger partial charge in [0.25, 0.3) is 5.56 Å². The molecule has 2 N–H and O–H groups in total. The summed E-state index contributed by atoms with van der Waals surface area (Å²) in [5.74, 6) is 1.03. The first-order chi connectivity index (χ1) is 14.7. The van der Waals surface area contributed by atoms with E-state index >= 15 is 0 Å². The molecule has 4 rings (SSSR count). The average molecular weight is 401 g/mol. The Balaban J connectivity index is 1.39. The van der Waals surface area contributed by atoms with E-state index in [0.717, 1.165) is 5.56 Å². The number of anilines is 1. The van der Waals surface area contributed by atoms with Crippen molar-refractivity contribution in [3.8, 4) is 5.75 Å². The number of fused-ring (bicyclic) bond motifs is 1. The number of ether oxygens (including phenoxy) is 1. The van der Waals surface area contributed by atoms with Gasteiger partial charge in [-0.25, -0.2) is 9.97 Å². The van der Waals surface area contributed by atoms with Crippen molar-refractivity contribution in [2.45, 2.75) is 19.4 Å². The highest BCUT2D eigenvalue weighted by atomic mass is 16.5. The zero-order valence-electron chi connectivity index (χ0n) is 16.0. The first kappa shape index (κ1) is 19.3. The van der Waals surface area contributed by atoms with Gasteiger partial charge >= 0.3 is 0 Å². The maximum atomic E-state index is 12.4. The zero-order valence-corrected chi connectivity index (χ0v) is 16.0. The second-order valence-corrected chi connectivity index (χ2v) is 6.57. The molecule has 0 aliphatic rings. The summed E-state index contributed by atoms with van der Waals surface area (Å²) in [5, 5.41) is 3.28. The molecule has 0 fully saturated rings. The van der Waals surface area contributed by atoms with E-state index in [-0.39, 0.29) is 17.9 Å². The molecule has 0 radical (unpaired) electrons. The SMILES string of the molecule is O=C(CCc1nc2ccccc2c(=O)[nH]1)Nc1ncccc1OCc1ccncc1. The third kappa shape index (κ3) is 4.67. The summed E-state index contributed by atoms with van der Waals surface area (Å²) in [7, 11) is 0. The Morgan fingerprint density at radius 1 is 1.03 bits per heavy atom. The van der Waals surface area contributed by atoms with Crippen LogP contribution < -0.4 is 15.6 Å². The molecule has 0 spiro atoms. The molecule has 8 heteroatoms. The lowest BCUT2D eigenvalue weighted by atomic mass is 10.2. The molecule has 4 aromatic rings. The number of pyridine rings is 2. The maximum Gasteiger partial charge on any atom is 0.258 e. The van der Waals surface area contributed by atoms with E-state index in [4.69, 9.17) is 4.74 Å². The van der Waals surface area contributed by atoms with Gasteiger partial charge in [0.15, 0.2) is 11.6 Å². The van der Waals surface area contributed by atoms with Crippen molar-refractivity contribution in [3.63, 3.8) is 0 Å². The van der Waals surface area contributed by atoms with Crippen LogP contribution in [0.1, 0.15) is 17.8 Å². The van der Waals surface area contributed by atoms with Crippen molar-refractivity contribution in [1.82, 2.24) is 19.9 Å². The fraction of sp³-hybridized carbons (Fsp3) is 0.136. The van der Waals surface area contributed by atoms with Crippen molar-refractivity contribution >= 4 is 22.6 Å². The minimum absolute atomic E-state index is 0.141. The predicted molar refractivity (Wildman–Crippen MR) is 112 cm³/mol. The number of hydrogen-bond acceptors (Lipinski definition) is 6. The number of amides is 1. The van der Waals surface area contributed by atoms with Crippen LogP contribution in [-0.4, -0.2) is 25.8 Å². The number of aromatic nitrogens is 4. The van der Waals surface area contributed by atoms with Gasteiger partial charge in [-0.05, 0) is 42.0 Å². The van der Waals surface area contributed by atoms with E-state index < -0.39 is 0 Å². The molecule has 0 aliphatic carbocycles. The molecule has 0 saturated heterocycles. The minimum atomic E-state index is -0.252. The summed E-state index contributed by atoms with van der Waals surface area (Å²) in [6.07, 6.45) is 5.40. The molecule has 0 bridgehead atoms. The molecule has 3 aromatic heterocycles. The van der Waals surface area contributed by atoms with Crippen LogP contribution >= 0.6 is 0 Å². The number of aryl methyl sites for hydroxylation is 1. The Morgan fingerprint density at radius 2 is 1.87 bits per heavy atom.